The molecule has 0 fully saturated rings. The lowest BCUT2D eigenvalue weighted by Crippen LogP contribution is -2.54. The molecule has 0 saturated carbocycles. The van der Waals surface area contributed by atoms with E-state index in [1.807, 2.05) is 51.1 Å². The predicted octanol–water partition coefficient (Wildman–Crippen LogP) is 7.82. The van der Waals surface area contributed by atoms with Gasteiger partial charge in [-0.2, -0.15) is 0 Å². The number of anilines is 1. The van der Waals surface area contributed by atoms with Crippen molar-refractivity contribution in [2.75, 3.05) is 18.0 Å². The number of aryl methyl sites for hydroxylation is 1. The molecule has 0 bridgehead atoms. The van der Waals surface area contributed by atoms with Crippen molar-refractivity contribution in [2.24, 2.45) is 0 Å². The maximum absolute atomic E-state index is 14.6. The number of carbonyl (C=O) groups is 2. The molecule has 254 valence electrons. The first-order chi connectivity index (χ1) is 22.8. The van der Waals surface area contributed by atoms with Crippen LogP contribution in [0, 0.1) is 6.92 Å². The van der Waals surface area contributed by atoms with E-state index < -0.39 is 28.5 Å². The smallest absolute Gasteiger partial charge is 0.264 e. The van der Waals surface area contributed by atoms with Crippen LogP contribution >= 0.6 is 39.1 Å². The molecule has 4 aromatic rings. The molecule has 0 spiro atoms. The molecular weight excluding hydrogens is 737 g/mol. The third-order valence-electron chi connectivity index (χ3n) is 7.92. The Morgan fingerprint density at radius 3 is 2.21 bits per heavy atom. The number of methoxy groups -OCH3 is 1. The van der Waals surface area contributed by atoms with Gasteiger partial charge in [-0.05, 0) is 89.8 Å². The summed E-state index contributed by atoms with van der Waals surface area (Å²) in [4.78, 5) is 30.0. The Balaban J connectivity index is 1.83. The minimum atomic E-state index is -4.29. The number of hydrogen-bond acceptors (Lipinski definition) is 5. The van der Waals surface area contributed by atoms with Gasteiger partial charge in [0.15, 0.2) is 0 Å². The number of rotatable bonds is 14. The average molecular weight is 776 g/mol. The molecule has 1 N–H and O–H groups in total. The van der Waals surface area contributed by atoms with Crippen molar-refractivity contribution < 1.29 is 22.7 Å². The minimum Gasteiger partial charge on any atom is -0.496 e. The van der Waals surface area contributed by atoms with Crippen LogP contribution in [0.1, 0.15) is 37.0 Å². The first-order valence-electron chi connectivity index (χ1n) is 15.3. The van der Waals surface area contributed by atoms with E-state index in [0.717, 1.165) is 15.4 Å². The van der Waals surface area contributed by atoms with Gasteiger partial charge in [0.1, 0.15) is 18.3 Å². The van der Waals surface area contributed by atoms with E-state index >= 15 is 0 Å². The van der Waals surface area contributed by atoms with E-state index in [1.165, 1.54) is 30.2 Å². The van der Waals surface area contributed by atoms with Gasteiger partial charge in [0.2, 0.25) is 11.8 Å². The molecular formula is C36H38BrCl2N3O5S. The monoisotopic (exact) mass is 773 g/mol. The Morgan fingerprint density at radius 2 is 1.60 bits per heavy atom. The Hall–Kier alpha value is -3.57. The quantitative estimate of drug-likeness (QED) is 0.141. The predicted molar refractivity (Wildman–Crippen MR) is 195 cm³/mol. The molecule has 0 saturated heterocycles. The van der Waals surface area contributed by atoms with Crippen LogP contribution < -0.4 is 14.4 Å². The van der Waals surface area contributed by atoms with Crippen molar-refractivity contribution in [2.45, 2.75) is 57.1 Å². The van der Waals surface area contributed by atoms with E-state index in [4.69, 9.17) is 27.9 Å². The Kier molecular flexibility index (Phi) is 13.0. The zero-order chi connectivity index (χ0) is 35.0. The van der Waals surface area contributed by atoms with Gasteiger partial charge < -0.3 is 15.0 Å². The fraction of sp³-hybridized carbons (Fsp3) is 0.278. The first kappa shape index (κ1) is 37.3. The second kappa shape index (κ2) is 16.7. The van der Waals surface area contributed by atoms with E-state index in [2.05, 4.69) is 21.2 Å². The maximum atomic E-state index is 14.6. The fourth-order valence-corrected chi connectivity index (χ4v) is 7.46. The molecule has 0 radical (unpaired) electrons. The van der Waals surface area contributed by atoms with Crippen LogP contribution in [0.5, 0.6) is 5.75 Å². The molecule has 0 unspecified atom stereocenters. The second-order valence-corrected chi connectivity index (χ2v) is 15.0. The van der Waals surface area contributed by atoms with E-state index in [9.17, 15) is 18.0 Å². The molecule has 2 atom stereocenters. The number of nitrogens with zero attached hydrogens (tertiary/aromatic N) is 2. The standard InChI is InChI=1S/C36H38BrCl2N3O5S/c1-5-25(3)40-36(44)33(20-26-9-7-6-8-10-26)41(22-27-13-17-31(38)32(39)19-27)35(43)23-42(28-14-11-24(2)12-15-28)48(45,46)29-16-18-34(47-4)30(37)21-29/h6-19,21,25,33H,5,20,22-23H2,1-4H3,(H,40,44)/t25-,33-/m1/s1. The summed E-state index contributed by atoms with van der Waals surface area (Å²) < 4.78 is 35.5. The topological polar surface area (TPSA) is 96.0 Å². The third kappa shape index (κ3) is 9.31. The van der Waals surface area contributed by atoms with Crippen molar-refractivity contribution in [3.8, 4) is 5.75 Å². The van der Waals surface area contributed by atoms with Gasteiger partial charge in [-0.25, -0.2) is 8.42 Å². The van der Waals surface area contributed by atoms with Crippen molar-refractivity contribution in [3.05, 3.63) is 122 Å². The highest BCUT2D eigenvalue weighted by Gasteiger charge is 2.35. The largest absolute Gasteiger partial charge is 0.496 e. The lowest BCUT2D eigenvalue weighted by atomic mass is 10.0. The zero-order valence-corrected chi connectivity index (χ0v) is 31.0. The summed E-state index contributed by atoms with van der Waals surface area (Å²) in [6.07, 6.45) is 0.875. The summed E-state index contributed by atoms with van der Waals surface area (Å²) in [6.45, 7) is 5.12. The molecule has 0 heterocycles. The number of benzene rings is 4. The molecule has 4 rings (SSSR count). The third-order valence-corrected chi connectivity index (χ3v) is 11.0. The lowest BCUT2D eigenvalue weighted by Gasteiger charge is -2.34. The lowest BCUT2D eigenvalue weighted by molar-refractivity contribution is -0.140. The summed E-state index contributed by atoms with van der Waals surface area (Å²) in [6, 6.07) is 24.5. The molecule has 0 aliphatic rings. The van der Waals surface area contributed by atoms with Crippen LogP contribution in [0.15, 0.2) is 100 Å². The molecule has 48 heavy (non-hydrogen) atoms. The Morgan fingerprint density at radius 1 is 0.917 bits per heavy atom. The summed E-state index contributed by atoms with van der Waals surface area (Å²) in [5, 5.41) is 3.66. The van der Waals surface area contributed by atoms with Crippen molar-refractivity contribution in [1.29, 1.82) is 0 Å². The highest BCUT2D eigenvalue weighted by molar-refractivity contribution is 9.10. The minimum absolute atomic E-state index is 0.0307. The molecule has 8 nitrogen and oxygen atoms in total. The van der Waals surface area contributed by atoms with Crippen LogP contribution in [-0.4, -0.2) is 50.9 Å². The normalized spacial score (nSPS) is 12.6. The fourth-order valence-electron chi connectivity index (χ4n) is 5.00. The van der Waals surface area contributed by atoms with Gasteiger partial charge in [0.25, 0.3) is 10.0 Å². The highest BCUT2D eigenvalue weighted by atomic mass is 79.9. The van der Waals surface area contributed by atoms with Gasteiger partial charge in [0.05, 0.1) is 32.2 Å². The van der Waals surface area contributed by atoms with Crippen LogP contribution in [0.3, 0.4) is 0 Å². The molecule has 0 aliphatic carbocycles. The number of carbonyl (C=O) groups excluding carboxylic acids is 2. The van der Waals surface area contributed by atoms with Crippen LogP contribution in [0.25, 0.3) is 0 Å². The molecule has 4 aromatic carbocycles. The van der Waals surface area contributed by atoms with Crippen LogP contribution in [0.2, 0.25) is 10.0 Å². The number of halogens is 3. The van der Waals surface area contributed by atoms with Crippen molar-refractivity contribution >= 4 is 66.7 Å². The van der Waals surface area contributed by atoms with E-state index in [0.29, 0.717) is 37.9 Å². The molecule has 0 aliphatic heterocycles. The van der Waals surface area contributed by atoms with Crippen molar-refractivity contribution in [1.82, 2.24) is 10.2 Å². The number of nitrogens with one attached hydrogen (secondary N) is 1. The van der Waals surface area contributed by atoms with Gasteiger partial charge in [-0.1, -0.05) is 84.2 Å². The Labute approximate surface area is 301 Å². The second-order valence-electron chi connectivity index (χ2n) is 11.4. The molecule has 2 amide bonds. The van der Waals surface area contributed by atoms with Gasteiger partial charge in [-0.15, -0.1) is 0 Å². The summed E-state index contributed by atoms with van der Waals surface area (Å²) in [7, 11) is -2.81. The van der Waals surface area contributed by atoms with Gasteiger partial charge >= 0.3 is 0 Å². The van der Waals surface area contributed by atoms with Crippen LogP contribution in [-0.2, 0) is 32.6 Å². The molecule has 12 heteroatoms. The summed E-state index contributed by atoms with van der Waals surface area (Å²) >= 11 is 15.9. The molecule has 0 aromatic heterocycles. The van der Waals surface area contributed by atoms with Gasteiger partial charge in [0, 0.05) is 19.0 Å². The maximum Gasteiger partial charge on any atom is 0.264 e. The zero-order valence-electron chi connectivity index (χ0n) is 27.1. The number of ether oxygens (including phenoxy) is 1. The number of amides is 2. The average Bonchev–Trinajstić information content (AvgIpc) is 3.07. The SMILES string of the molecule is CC[C@@H](C)NC(=O)[C@@H](Cc1ccccc1)N(Cc1ccc(Cl)c(Cl)c1)C(=O)CN(c1ccc(C)cc1)S(=O)(=O)c1ccc(OC)c(Br)c1. The Bertz CT molecular complexity index is 1840. The summed E-state index contributed by atoms with van der Waals surface area (Å²) in [5.41, 5.74) is 2.66. The van der Waals surface area contributed by atoms with Gasteiger partial charge in [-0.3, -0.25) is 13.9 Å². The van der Waals surface area contributed by atoms with E-state index in [-0.39, 0.29) is 29.8 Å². The number of hydrogen-bond donors (Lipinski definition) is 1. The number of sulfonamides is 1. The summed E-state index contributed by atoms with van der Waals surface area (Å²) in [5.74, 6) is -0.487. The van der Waals surface area contributed by atoms with E-state index in [1.54, 1.807) is 42.5 Å². The highest BCUT2D eigenvalue weighted by Crippen LogP contribution is 2.31. The van der Waals surface area contributed by atoms with Crippen molar-refractivity contribution in [3.63, 3.8) is 0 Å². The first-order valence-corrected chi connectivity index (χ1v) is 18.3. The van der Waals surface area contributed by atoms with Crippen LogP contribution in [0.4, 0.5) is 5.69 Å².